The molecule has 2 N–H and O–H groups in total. The molecule has 0 rings (SSSR count). The van der Waals surface area contributed by atoms with E-state index in [-0.39, 0.29) is 27.3 Å². The fourth-order valence-corrected chi connectivity index (χ4v) is 0. The zero-order chi connectivity index (χ0) is 7.15. The van der Waals surface area contributed by atoms with Crippen LogP contribution in [0.2, 0.25) is 0 Å². The van der Waals surface area contributed by atoms with Gasteiger partial charge in [0.2, 0.25) is 0 Å². The van der Waals surface area contributed by atoms with Crippen molar-refractivity contribution in [3.63, 3.8) is 0 Å². The molecule has 0 unspecified atom stereocenters. The number of hydrogen-bond acceptors (Lipinski definition) is 4. The fourth-order valence-electron chi connectivity index (χ4n) is 0. The van der Waals surface area contributed by atoms with E-state index in [0.717, 1.165) is 0 Å². The Morgan fingerprint density at radius 1 is 1.00 bits per heavy atom. The van der Waals surface area contributed by atoms with Crippen molar-refractivity contribution in [2.24, 2.45) is 0 Å². The summed E-state index contributed by atoms with van der Waals surface area (Å²) in [6.07, 6.45) is 0. The minimum Gasteiger partial charge on any atom is -0.328 e. The standard InChI is InChI=1S/2HNO3.Pb/c2*2-1(3)4;/h2*(H,2,3,4);. The van der Waals surface area contributed by atoms with Gasteiger partial charge in [-0.25, -0.2) is 0 Å². The van der Waals surface area contributed by atoms with Crippen molar-refractivity contribution in [2.75, 3.05) is 0 Å². The van der Waals surface area contributed by atoms with Gasteiger partial charge < -0.3 is 10.4 Å². The van der Waals surface area contributed by atoms with Crippen LogP contribution in [0.4, 0.5) is 0 Å². The van der Waals surface area contributed by atoms with Crippen LogP contribution in [0, 0.1) is 20.2 Å². The maximum atomic E-state index is 8.36. The van der Waals surface area contributed by atoms with E-state index in [4.69, 9.17) is 30.6 Å². The smallest absolute Gasteiger partial charge is 0.291 e. The van der Waals surface area contributed by atoms with E-state index in [1.807, 2.05) is 0 Å². The van der Waals surface area contributed by atoms with Crippen LogP contribution in [0.1, 0.15) is 0 Å². The summed E-state index contributed by atoms with van der Waals surface area (Å²) < 4.78 is 0. The van der Waals surface area contributed by atoms with Gasteiger partial charge in [-0.05, 0) is 0 Å². The normalized spacial score (nSPS) is 5.33. The van der Waals surface area contributed by atoms with Gasteiger partial charge in [-0.1, -0.05) is 0 Å². The first kappa shape index (κ1) is 15.8. The molecule has 0 saturated carbocycles. The molecule has 0 amide bonds. The Morgan fingerprint density at radius 3 is 1.00 bits per heavy atom. The summed E-state index contributed by atoms with van der Waals surface area (Å²) in [5.74, 6) is 0. The third kappa shape index (κ3) is 451. The Balaban J connectivity index is -0.0000000720. The van der Waals surface area contributed by atoms with Crippen LogP contribution in [0.3, 0.4) is 0 Å². The van der Waals surface area contributed by atoms with Gasteiger partial charge in [-0.2, -0.15) is 0 Å². The van der Waals surface area contributed by atoms with Crippen molar-refractivity contribution in [2.45, 2.75) is 0 Å². The van der Waals surface area contributed by atoms with E-state index in [2.05, 4.69) is 0 Å². The molecule has 0 saturated heterocycles. The summed E-state index contributed by atoms with van der Waals surface area (Å²) >= 11 is 0. The van der Waals surface area contributed by atoms with Crippen molar-refractivity contribution in [1.29, 1.82) is 0 Å². The van der Waals surface area contributed by atoms with Crippen molar-refractivity contribution in [3.05, 3.63) is 20.2 Å². The number of rotatable bonds is 0. The first-order valence-corrected chi connectivity index (χ1v) is 1.13. The zero-order valence-electron chi connectivity index (χ0n) is 3.92. The Kier molecular flexibility index (Phi) is 18.1. The molecule has 0 spiro atoms. The SMILES string of the molecule is O=[N+]([O-])O.O=[N+]([O-])O.[Pb]. The molecule has 9 heteroatoms. The molecule has 0 bridgehead atoms. The third-order valence-corrected chi connectivity index (χ3v) is 0. The minimum absolute atomic E-state index is 0. The van der Waals surface area contributed by atoms with Crippen LogP contribution in [0.25, 0.3) is 0 Å². The van der Waals surface area contributed by atoms with Crippen molar-refractivity contribution >= 4 is 27.3 Å². The Morgan fingerprint density at radius 2 is 1.00 bits per heavy atom. The molecule has 0 aromatic rings. The van der Waals surface area contributed by atoms with E-state index in [1.165, 1.54) is 0 Å². The van der Waals surface area contributed by atoms with Crippen LogP contribution in [-0.4, -0.2) is 47.9 Å². The first-order valence-electron chi connectivity index (χ1n) is 1.13. The second-order valence-electron chi connectivity index (χ2n) is 0.476. The van der Waals surface area contributed by atoms with Crippen molar-refractivity contribution in [1.82, 2.24) is 0 Å². The molecule has 0 fully saturated rings. The zero-order valence-corrected chi connectivity index (χ0v) is 7.81. The summed E-state index contributed by atoms with van der Waals surface area (Å²) in [5, 5.41) is 27.3. The van der Waals surface area contributed by atoms with Gasteiger partial charge in [0.25, 0.3) is 10.2 Å². The van der Waals surface area contributed by atoms with Gasteiger partial charge in [0, 0.05) is 27.3 Å². The quantitative estimate of drug-likeness (QED) is 0.330. The fraction of sp³-hybridized carbons (Fsp3) is 0. The van der Waals surface area contributed by atoms with Gasteiger partial charge >= 0.3 is 0 Å². The average molecular weight is 333 g/mol. The second-order valence-corrected chi connectivity index (χ2v) is 0.476. The largest absolute Gasteiger partial charge is 0.328 e. The van der Waals surface area contributed by atoms with Gasteiger partial charge in [-0.15, -0.1) is 20.2 Å². The Bertz CT molecular complexity index is 69.1. The molecular formula is H2N2O6Pb. The molecule has 0 aliphatic carbocycles. The monoisotopic (exact) mass is 334 g/mol. The Labute approximate surface area is 68.5 Å². The number of nitrogens with zero attached hydrogens (tertiary/aromatic N) is 2. The summed E-state index contributed by atoms with van der Waals surface area (Å²) in [6.45, 7) is 0. The summed E-state index contributed by atoms with van der Waals surface area (Å²) in [5.41, 5.74) is 0. The maximum absolute atomic E-state index is 8.36. The predicted molar refractivity (Wildman–Crippen MR) is 23.3 cm³/mol. The molecule has 8 nitrogen and oxygen atoms in total. The first-order chi connectivity index (χ1) is 3.46. The van der Waals surface area contributed by atoms with Crippen molar-refractivity contribution < 1.29 is 20.6 Å². The van der Waals surface area contributed by atoms with E-state index >= 15 is 0 Å². The van der Waals surface area contributed by atoms with E-state index in [1.54, 1.807) is 0 Å². The van der Waals surface area contributed by atoms with Crippen LogP contribution in [0.5, 0.6) is 0 Å². The van der Waals surface area contributed by atoms with Crippen LogP contribution >= 0.6 is 0 Å². The molecule has 0 aromatic carbocycles. The second kappa shape index (κ2) is 10.3. The van der Waals surface area contributed by atoms with Gasteiger partial charge in [0.05, 0.1) is 0 Å². The molecule has 9 heavy (non-hydrogen) atoms. The summed E-state index contributed by atoms with van der Waals surface area (Å²) in [6, 6.07) is 0. The molecular weight excluding hydrogens is 331 g/mol. The van der Waals surface area contributed by atoms with Gasteiger partial charge in [0.15, 0.2) is 0 Å². The molecule has 0 atom stereocenters. The molecule has 4 radical (unpaired) electrons. The topological polar surface area (TPSA) is 127 Å². The number of hydrogen-bond donors (Lipinski definition) is 2. The Hall–Kier alpha value is -0.678. The molecule has 0 aliphatic heterocycles. The van der Waals surface area contributed by atoms with Crippen LogP contribution < -0.4 is 0 Å². The van der Waals surface area contributed by atoms with Crippen molar-refractivity contribution in [3.8, 4) is 0 Å². The summed E-state index contributed by atoms with van der Waals surface area (Å²) in [7, 11) is 0. The molecule has 52 valence electrons. The van der Waals surface area contributed by atoms with Crippen LogP contribution in [0.15, 0.2) is 0 Å². The third-order valence-electron chi connectivity index (χ3n) is 0. The predicted octanol–water partition coefficient (Wildman–Crippen LogP) is -1.08. The van der Waals surface area contributed by atoms with Crippen LogP contribution in [-0.2, 0) is 0 Å². The molecule has 0 aliphatic rings. The average Bonchev–Trinajstić information content (AvgIpc) is 1.25. The molecule has 0 heterocycles. The maximum Gasteiger partial charge on any atom is 0.291 e. The van der Waals surface area contributed by atoms with Gasteiger partial charge in [0.1, 0.15) is 0 Å². The molecule has 0 aromatic heterocycles. The van der Waals surface area contributed by atoms with E-state index in [0.29, 0.717) is 0 Å². The minimum atomic E-state index is -1.50. The van der Waals surface area contributed by atoms with E-state index < -0.39 is 10.2 Å². The van der Waals surface area contributed by atoms with E-state index in [9.17, 15) is 0 Å². The summed E-state index contributed by atoms with van der Waals surface area (Å²) in [4.78, 5) is 16.7. The van der Waals surface area contributed by atoms with Gasteiger partial charge in [-0.3, -0.25) is 0 Å².